The van der Waals surface area contributed by atoms with Crippen LogP contribution in [0.15, 0.2) is 0 Å². The largest absolute Gasteiger partial charge is 0.466 e. The van der Waals surface area contributed by atoms with E-state index in [-0.39, 0.29) is 25.8 Å². The second-order valence-electron chi connectivity index (χ2n) is 12.1. The zero-order valence-corrected chi connectivity index (χ0v) is 28.4. The Kier molecular flexibility index (Phi) is 41.7. The quantitative estimate of drug-likeness (QED) is 0.0514. The molecule has 0 radical (unpaired) electrons. The summed E-state index contributed by atoms with van der Waals surface area (Å²) in [5.74, 6) is 0.0237. The van der Waals surface area contributed by atoms with Crippen molar-refractivity contribution < 1.29 is 24.9 Å². The Bertz CT molecular complexity index is 477. The lowest BCUT2D eigenvalue weighted by molar-refractivity contribution is -0.143. The monoisotopic (exact) mass is 602 g/mol. The number of hydrogen-bond acceptors (Lipinski definition) is 6. The van der Waals surface area contributed by atoms with Crippen molar-refractivity contribution in [2.24, 2.45) is 0 Å². The third kappa shape index (κ3) is 39.3. The zero-order chi connectivity index (χ0) is 31.2. The fraction of sp³-hybridized carbons (Fsp3) is 0.972. The Hall–Kier alpha value is -0.690. The Labute approximate surface area is 262 Å². The van der Waals surface area contributed by atoms with Gasteiger partial charge in [-0.25, -0.2) is 0 Å². The second-order valence-corrected chi connectivity index (χ2v) is 12.1. The van der Waals surface area contributed by atoms with Gasteiger partial charge in [0.15, 0.2) is 0 Å². The van der Waals surface area contributed by atoms with E-state index in [4.69, 9.17) is 20.1 Å². The molecule has 0 saturated heterocycles. The number of rotatable bonds is 33. The normalized spacial score (nSPS) is 11.1. The molecule has 0 spiro atoms. The molecule has 0 amide bonds. The molecule has 0 rings (SSSR count). The fourth-order valence-electron chi connectivity index (χ4n) is 5.25. The van der Waals surface area contributed by atoms with E-state index in [1.807, 2.05) is 0 Å². The Balaban J connectivity index is 0. The minimum absolute atomic E-state index is 0.0237. The van der Waals surface area contributed by atoms with Crippen LogP contribution in [0.25, 0.3) is 0 Å². The molecule has 254 valence electrons. The summed E-state index contributed by atoms with van der Waals surface area (Å²) in [6.45, 7) is 6.94. The van der Waals surface area contributed by atoms with E-state index in [1.54, 1.807) is 4.90 Å². The first-order chi connectivity index (χ1) is 20.7. The predicted octanol–water partition coefficient (Wildman–Crippen LogP) is 8.98. The van der Waals surface area contributed by atoms with Crippen LogP contribution >= 0.6 is 0 Å². The summed E-state index contributed by atoms with van der Waals surface area (Å²) in [6.07, 6.45) is 34.2. The van der Waals surface area contributed by atoms with Crippen LogP contribution < -0.4 is 0 Å². The topological polar surface area (TPSA) is 90.2 Å². The smallest absolute Gasteiger partial charge is 0.305 e. The van der Waals surface area contributed by atoms with E-state index in [0.29, 0.717) is 32.7 Å². The molecule has 42 heavy (non-hydrogen) atoms. The minimum Gasteiger partial charge on any atom is -0.466 e. The number of aliphatic hydroxyl groups excluding tert-OH is 3. The Morgan fingerprint density at radius 2 is 0.738 bits per heavy atom. The highest BCUT2D eigenvalue weighted by atomic mass is 16.5. The van der Waals surface area contributed by atoms with Gasteiger partial charge in [-0.1, -0.05) is 162 Å². The summed E-state index contributed by atoms with van der Waals surface area (Å²) in [6, 6.07) is 0. The highest BCUT2D eigenvalue weighted by Gasteiger charge is 2.03. The lowest BCUT2D eigenvalue weighted by atomic mass is 10.0. The minimum atomic E-state index is 0.0237. The SMILES string of the molecule is CCCCCCCCCCCCCCCCCC(=O)OCCCCCCCCCCCC.OCCN(CCO)CCO. The lowest BCUT2D eigenvalue weighted by Gasteiger charge is -2.17. The van der Waals surface area contributed by atoms with Crippen molar-refractivity contribution in [1.29, 1.82) is 0 Å². The fourth-order valence-corrected chi connectivity index (χ4v) is 5.25. The lowest BCUT2D eigenvalue weighted by Crippen LogP contribution is -2.32. The van der Waals surface area contributed by atoms with Gasteiger partial charge in [-0.2, -0.15) is 0 Å². The molecule has 0 aromatic heterocycles. The number of aliphatic hydroxyl groups is 3. The van der Waals surface area contributed by atoms with Crippen LogP contribution in [-0.4, -0.2) is 72.3 Å². The van der Waals surface area contributed by atoms with Gasteiger partial charge in [-0.3, -0.25) is 9.69 Å². The van der Waals surface area contributed by atoms with E-state index in [0.717, 1.165) is 12.8 Å². The molecular formula is C36H75NO5. The molecule has 0 atom stereocenters. The van der Waals surface area contributed by atoms with Crippen LogP contribution in [0.3, 0.4) is 0 Å². The first kappa shape index (κ1) is 43.4. The van der Waals surface area contributed by atoms with Crippen LogP contribution in [0.1, 0.15) is 181 Å². The molecule has 0 unspecified atom stereocenters. The number of unbranched alkanes of at least 4 members (excludes halogenated alkanes) is 23. The highest BCUT2D eigenvalue weighted by Crippen LogP contribution is 2.14. The summed E-state index contributed by atoms with van der Waals surface area (Å²) >= 11 is 0. The van der Waals surface area contributed by atoms with Gasteiger partial charge in [0.1, 0.15) is 0 Å². The second kappa shape index (κ2) is 40.3. The molecule has 0 fully saturated rings. The summed E-state index contributed by atoms with van der Waals surface area (Å²) in [5.41, 5.74) is 0. The summed E-state index contributed by atoms with van der Waals surface area (Å²) in [5, 5.41) is 25.5. The molecule has 3 N–H and O–H groups in total. The molecule has 0 saturated carbocycles. The number of nitrogens with zero attached hydrogens (tertiary/aromatic N) is 1. The van der Waals surface area contributed by atoms with Gasteiger partial charge in [-0.15, -0.1) is 0 Å². The van der Waals surface area contributed by atoms with Crippen molar-refractivity contribution in [2.45, 2.75) is 181 Å². The average Bonchev–Trinajstić information content (AvgIpc) is 2.98. The molecule has 0 aliphatic rings. The third-order valence-corrected chi connectivity index (χ3v) is 7.99. The van der Waals surface area contributed by atoms with Crippen LogP contribution in [0.5, 0.6) is 0 Å². The van der Waals surface area contributed by atoms with Crippen molar-refractivity contribution in [1.82, 2.24) is 4.90 Å². The van der Waals surface area contributed by atoms with E-state index in [1.165, 1.54) is 148 Å². The van der Waals surface area contributed by atoms with Crippen LogP contribution in [-0.2, 0) is 9.53 Å². The highest BCUT2D eigenvalue weighted by molar-refractivity contribution is 5.69. The number of ether oxygens (including phenoxy) is 1. The third-order valence-electron chi connectivity index (χ3n) is 7.99. The van der Waals surface area contributed by atoms with E-state index < -0.39 is 0 Å². The van der Waals surface area contributed by atoms with Gasteiger partial charge in [0.05, 0.1) is 26.4 Å². The molecule has 0 aromatic rings. The van der Waals surface area contributed by atoms with Crippen LogP contribution in [0.2, 0.25) is 0 Å². The van der Waals surface area contributed by atoms with Crippen molar-refractivity contribution in [2.75, 3.05) is 46.1 Å². The van der Waals surface area contributed by atoms with Gasteiger partial charge < -0.3 is 20.1 Å². The van der Waals surface area contributed by atoms with E-state index >= 15 is 0 Å². The van der Waals surface area contributed by atoms with Gasteiger partial charge >= 0.3 is 5.97 Å². The molecule has 0 bridgehead atoms. The van der Waals surface area contributed by atoms with Gasteiger partial charge in [0, 0.05) is 26.1 Å². The zero-order valence-electron chi connectivity index (χ0n) is 28.4. The van der Waals surface area contributed by atoms with Crippen molar-refractivity contribution in [3.63, 3.8) is 0 Å². The van der Waals surface area contributed by atoms with Gasteiger partial charge in [-0.05, 0) is 12.8 Å². The molecule has 0 aliphatic heterocycles. The molecule has 0 aromatic carbocycles. The van der Waals surface area contributed by atoms with Gasteiger partial charge in [0.2, 0.25) is 0 Å². The molecular weight excluding hydrogens is 526 g/mol. The molecule has 6 heteroatoms. The standard InChI is InChI=1S/C30H60O2.C6H15NO3/c1-3-5-7-9-11-13-15-16-17-18-19-20-22-24-26-28-30(31)32-29-27-25-23-21-14-12-10-8-6-4-2;8-4-1-7(2-5-9)3-6-10/h3-29H2,1-2H3;8-10H,1-6H2. The average molecular weight is 602 g/mol. The first-order valence-electron chi connectivity index (χ1n) is 18.4. The molecule has 0 heterocycles. The maximum absolute atomic E-state index is 11.8. The predicted molar refractivity (Wildman–Crippen MR) is 180 cm³/mol. The number of carbonyl (C=O) groups excluding carboxylic acids is 1. The summed E-state index contributed by atoms with van der Waals surface area (Å²) in [7, 11) is 0. The van der Waals surface area contributed by atoms with Crippen LogP contribution in [0.4, 0.5) is 0 Å². The maximum Gasteiger partial charge on any atom is 0.305 e. The Morgan fingerprint density at radius 1 is 0.452 bits per heavy atom. The molecule has 6 nitrogen and oxygen atoms in total. The summed E-state index contributed by atoms with van der Waals surface area (Å²) < 4.78 is 5.39. The first-order valence-corrected chi connectivity index (χ1v) is 18.4. The number of esters is 1. The van der Waals surface area contributed by atoms with E-state index in [2.05, 4.69) is 13.8 Å². The van der Waals surface area contributed by atoms with Crippen molar-refractivity contribution in [3.05, 3.63) is 0 Å². The summed E-state index contributed by atoms with van der Waals surface area (Å²) in [4.78, 5) is 13.6. The van der Waals surface area contributed by atoms with E-state index in [9.17, 15) is 4.79 Å². The van der Waals surface area contributed by atoms with Crippen molar-refractivity contribution in [3.8, 4) is 0 Å². The Morgan fingerprint density at radius 3 is 1.05 bits per heavy atom. The van der Waals surface area contributed by atoms with Crippen LogP contribution in [0, 0.1) is 0 Å². The van der Waals surface area contributed by atoms with Gasteiger partial charge in [0.25, 0.3) is 0 Å². The number of carbonyl (C=O) groups is 1. The maximum atomic E-state index is 11.8. The number of hydrogen-bond donors (Lipinski definition) is 3. The molecule has 0 aliphatic carbocycles. The van der Waals surface area contributed by atoms with Crippen molar-refractivity contribution >= 4 is 5.97 Å².